The van der Waals surface area contributed by atoms with Crippen molar-refractivity contribution in [2.24, 2.45) is 0 Å². The lowest BCUT2D eigenvalue weighted by molar-refractivity contribution is 0.297. The second-order valence-corrected chi connectivity index (χ2v) is 7.10. The summed E-state index contributed by atoms with van der Waals surface area (Å²) in [5.74, 6) is 0.759. The van der Waals surface area contributed by atoms with Crippen molar-refractivity contribution in [1.82, 2.24) is 14.9 Å². The Balaban J connectivity index is 1.32. The van der Waals surface area contributed by atoms with Crippen LogP contribution in [0.15, 0.2) is 59.4 Å². The van der Waals surface area contributed by atoms with Crippen molar-refractivity contribution in [2.75, 3.05) is 19.6 Å². The summed E-state index contributed by atoms with van der Waals surface area (Å²) in [6, 6.07) is 17.4. The predicted octanol–water partition coefficient (Wildman–Crippen LogP) is 3.52. The van der Waals surface area contributed by atoms with E-state index >= 15 is 0 Å². The number of hydrogen-bond donors (Lipinski definition) is 1. The van der Waals surface area contributed by atoms with Gasteiger partial charge in [0.2, 0.25) is 0 Å². The van der Waals surface area contributed by atoms with E-state index in [-0.39, 0.29) is 5.56 Å². The third-order valence-electron chi connectivity index (χ3n) is 5.23. The van der Waals surface area contributed by atoms with Crippen molar-refractivity contribution in [2.45, 2.75) is 19.3 Å². The Morgan fingerprint density at radius 3 is 2.71 bits per heavy atom. The van der Waals surface area contributed by atoms with Crippen LogP contribution >= 0.6 is 0 Å². The summed E-state index contributed by atoms with van der Waals surface area (Å²) in [5.41, 5.74) is 3.95. The van der Waals surface area contributed by atoms with Crippen molar-refractivity contribution in [3.63, 3.8) is 0 Å². The largest absolute Gasteiger partial charge is 0.310 e. The van der Waals surface area contributed by atoms with Gasteiger partial charge in [0.1, 0.15) is 5.82 Å². The van der Waals surface area contributed by atoms with Gasteiger partial charge in [-0.1, -0.05) is 30.3 Å². The molecule has 4 rings (SSSR count). The molecule has 2 heterocycles. The first-order chi connectivity index (χ1) is 13.7. The van der Waals surface area contributed by atoms with E-state index in [2.05, 4.69) is 27.0 Å². The van der Waals surface area contributed by atoms with E-state index in [0.717, 1.165) is 50.2 Å². The molecule has 5 heteroatoms. The first-order valence-corrected chi connectivity index (χ1v) is 9.63. The van der Waals surface area contributed by atoms with Gasteiger partial charge in [-0.2, -0.15) is 5.26 Å². The normalized spacial score (nSPS) is 14.6. The van der Waals surface area contributed by atoms with Crippen LogP contribution in [0.25, 0.3) is 16.5 Å². The number of nitriles is 1. The highest BCUT2D eigenvalue weighted by Crippen LogP contribution is 2.22. The van der Waals surface area contributed by atoms with Crippen molar-refractivity contribution in [1.29, 1.82) is 5.26 Å². The van der Waals surface area contributed by atoms with Gasteiger partial charge in [-0.25, -0.2) is 4.98 Å². The van der Waals surface area contributed by atoms with Crippen LogP contribution in [0.1, 0.15) is 29.8 Å². The Bertz CT molecular complexity index is 1110. The SMILES string of the molecule is N#Cc1ccc(C2=CCN(CCCc3nc4ccccc4c(=O)[nH]3)CC2)cc1. The van der Waals surface area contributed by atoms with Crippen molar-refractivity contribution in [3.8, 4) is 6.07 Å². The number of aryl methyl sites for hydroxylation is 1. The van der Waals surface area contributed by atoms with Gasteiger partial charge >= 0.3 is 0 Å². The summed E-state index contributed by atoms with van der Waals surface area (Å²) >= 11 is 0. The van der Waals surface area contributed by atoms with Gasteiger partial charge < -0.3 is 4.98 Å². The van der Waals surface area contributed by atoms with E-state index in [1.165, 1.54) is 11.1 Å². The third kappa shape index (κ3) is 4.03. The molecule has 0 bridgehead atoms. The standard InChI is InChI=1S/C23H22N4O/c24-16-17-7-9-18(10-8-17)19-11-14-27(15-12-19)13-3-6-22-25-21-5-2-1-4-20(21)23(28)26-22/h1-2,4-5,7-11H,3,6,12-15H2,(H,25,26,28). The first-order valence-electron chi connectivity index (χ1n) is 9.63. The Morgan fingerprint density at radius 1 is 1.14 bits per heavy atom. The summed E-state index contributed by atoms with van der Waals surface area (Å²) in [6.45, 7) is 2.93. The van der Waals surface area contributed by atoms with Crippen LogP contribution in [0, 0.1) is 11.3 Å². The summed E-state index contributed by atoms with van der Waals surface area (Å²) in [5, 5.41) is 9.55. The van der Waals surface area contributed by atoms with Crippen LogP contribution in [-0.4, -0.2) is 34.5 Å². The molecule has 28 heavy (non-hydrogen) atoms. The lowest BCUT2D eigenvalue weighted by atomic mass is 9.98. The van der Waals surface area contributed by atoms with E-state index in [1.807, 2.05) is 42.5 Å². The minimum absolute atomic E-state index is 0.0615. The molecule has 1 aliphatic heterocycles. The summed E-state index contributed by atoms with van der Waals surface area (Å²) in [7, 11) is 0. The molecule has 0 radical (unpaired) electrons. The number of aromatic amines is 1. The van der Waals surface area contributed by atoms with E-state index in [1.54, 1.807) is 6.07 Å². The molecule has 140 valence electrons. The molecule has 0 unspecified atom stereocenters. The van der Waals surface area contributed by atoms with Crippen LogP contribution < -0.4 is 5.56 Å². The second kappa shape index (κ2) is 8.20. The molecule has 1 N–H and O–H groups in total. The Morgan fingerprint density at radius 2 is 1.96 bits per heavy atom. The fourth-order valence-corrected chi connectivity index (χ4v) is 3.66. The van der Waals surface area contributed by atoms with Gasteiger partial charge in [0.15, 0.2) is 0 Å². The highest BCUT2D eigenvalue weighted by atomic mass is 16.1. The molecule has 0 saturated carbocycles. The number of para-hydroxylation sites is 1. The van der Waals surface area contributed by atoms with Crippen LogP contribution in [0.2, 0.25) is 0 Å². The van der Waals surface area contributed by atoms with Crippen molar-refractivity contribution < 1.29 is 0 Å². The summed E-state index contributed by atoms with van der Waals surface area (Å²) in [4.78, 5) is 22.0. The van der Waals surface area contributed by atoms with Crippen molar-refractivity contribution >= 4 is 16.5 Å². The second-order valence-electron chi connectivity index (χ2n) is 7.10. The van der Waals surface area contributed by atoms with Gasteiger partial charge in [0.25, 0.3) is 5.56 Å². The molecule has 3 aromatic rings. The first kappa shape index (κ1) is 18.1. The topological polar surface area (TPSA) is 72.8 Å². The molecule has 0 spiro atoms. The Labute approximate surface area is 164 Å². The maximum absolute atomic E-state index is 12.1. The van der Waals surface area contributed by atoms with E-state index in [0.29, 0.717) is 10.9 Å². The molecule has 2 aromatic carbocycles. The van der Waals surface area contributed by atoms with Crippen LogP contribution in [0.5, 0.6) is 0 Å². The van der Waals surface area contributed by atoms with Crippen LogP contribution in [0.3, 0.4) is 0 Å². The number of fused-ring (bicyclic) bond motifs is 1. The highest BCUT2D eigenvalue weighted by Gasteiger charge is 2.13. The Kier molecular flexibility index (Phi) is 5.31. The third-order valence-corrected chi connectivity index (χ3v) is 5.23. The van der Waals surface area contributed by atoms with Crippen molar-refractivity contribution in [3.05, 3.63) is 81.9 Å². The zero-order valence-electron chi connectivity index (χ0n) is 15.7. The highest BCUT2D eigenvalue weighted by molar-refractivity contribution is 5.77. The number of aromatic nitrogens is 2. The molecule has 1 aromatic heterocycles. The average molecular weight is 370 g/mol. The average Bonchev–Trinajstić information content (AvgIpc) is 2.74. The zero-order chi connectivity index (χ0) is 19.3. The molecular formula is C23H22N4O. The molecule has 0 saturated heterocycles. The number of benzene rings is 2. The van der Waals surface area contributed by atoms with Gasteiger partial charge in [0, 0.05) is 19.5 Å². The van der Waals surface area contributed by atoms with Gasteiger partial charge in [0.05, 0.1) is 22.5 Å². The molecular weight excluding hydrogens is 348 g/mol. The Hall–Kier alpha value is -3.23. The molecule has 1 aliphatic rings. The predicted molar refractivity (Wildman–Crippen MR) is 111 cm³/mol. The number of rotatable bonds is 5. The number of nitrogens with zero attached hydrogens (tertiary/aromatic N) is 3. The molecule has 0 amide bonds. The molecule has 0 aliphatic carbocycles. The number of hydrogen-bond acceptors (Lipinski definition) is 4. The molecule has 0 atom stereocenters. The maximum Gasteiger partial charge on any atom is 0.258 e. The minimum Gasteiger partial charge on any atom is -0.310 e. The molecule has 5 nitrogen and oxygen atoms in total. The lowest BCUT2D eigenvalue weighted by Crippen LogP contribution is -2.30. The van der Waals surface area contributed by atoms with Gasteiger partial charge in [-0.3, -0.25) is 9.69 Å². The molecule has 0 fully saturated rings. The van der Waals surface area contributed by atoms with Crippen LogP contribution in [0.4, 0.5) is 0 Å². The number of nitrogens with one attached hydrogen (secondary N) is 1. The van der Waals surface area contributed by atoms with Crippen LogP contribution in [-0.2, 0) is 6.42 Å². The fourth-order valence-electron chi connectivity index (χ4n) is 3.66. The minimum atomic E-state index is -0.0615. The monoisotopic (exact) mass is 370 g/mol. The fraction of sp³-hybridized carbons (Fsp3) is 0.261. The van der Waals surface area contributed by atoms with E-state index in [4.69, 9.17) is 5.26 Å². The zero-order valence-corrected chi connectivity index (χ0v) is 15.7. The summed E-state index contributed by atoms with van der Waals surface area (Å²) < 4.78 is 0. The maximum atomic E-state index is 12.1. The van der Waals surface area contributed by atoms with E-state index < -0.39 is 0 Å². The van der Waals surface area contributed by atoms with E-state index in [9.17, 15) is 4.79 Å². The smallest absolute Gasteiger partial charge is 0.258 e. The summed E-state index contributed by atoms with van der Waals surface area (Å²) in [6.07, 6.45) is 5.02. The van der Waals surface area contributed by atoms with Gasteiger partial charge in [-0.05, 0) is 54.8 Å². The van der Waals surface area contributed by atoms with Gasteiger partial charge in [-0.15, -0.1) is 0 Å². The number of H-pyrrole nitrogens is 1. The lowest BCUT2D eigenvalue weighted by Gasteiger charge is -2.26. The quantitative estimate of drug-likeness (QED) is 0.746.